The molecule has 0 aliphatic carbocycles. The minimum absolute atomic E-state index is 0.147. The monoisotopic (exact) mass is 491 g/mol. The zero-order valence-corrected chi connectivity index (χ0v) is 19.9. The van der Waals surface area contributed by atoms with E-state index >= 15 is 0 Å². The molecule has 4 aromatic rings. The Morgan fingerprint density at radius 3 is 2.18 bits per heavy atom. The van der Waals surface area contributed by atoms with Gasteiger partial charge in [-0.15, -0.1) is 10.2 Å². The number of nitrogens with one attached hydrogen (secondary N) is 2. The summed E-state index contributed by atoms with van der Waals surface area (Å²) in [6.07, 6.45) is 0. The zero-order chi connectivity index (χ0) is 23.9. The minimum Gasteiger partial charge on any atom is -0.326 e. The molecule has 1 heterocycles. The van der Waals surface area contributed by atoms with Gasteiger partial charge in [0.2, 0.25) is 11.8 Å². The van der Waals surface area contributed by atoms with Crippen LogP contribution in [0.4, 0.5) is 11.4 Å². The van der Waals surface area contributed by atoms with Crippen LogP contribution in [0.2, 0.25) is 5.02 Å². The number of halogens is 1. The van der Waals surface area contributed by atoms with Gasteiger partial charge in [0.05, 0.1) is 12.3 Å². The lowest BCUT2D eigenvalue weighted by molar-refractivity contribution is -0.114. The molecule has 0 unspecified atom stereocenters. The van der Waals surface area contributed by atoms with Gasteiger partial charge >= 0.3 is 0 Å². The lowest BCUT2D eigenvalue weighted by atomic mass is 10.2. The van der Waals surface area contributed by atoms with Crippen molar-refractivity contribution in [1.82, 2.24) is 14.8 Å². The molecule has 9 heteroatoms. The van der Waals surface area contributed by atoms with Crippen molar-refractivity contribution < 1.29 is 9.59 Å². The number of amides is 2. The molecule has 0 atom stereocenters. The normalized spacial score (nSPS) is 10.6. The Bertz CT molecular complexity index is 1280. The molecule has 0 bridgehead atoms. The molecule has 0 radical (unpaired) electrons. The predicted octanol–water partition coefficient (Wildman–Crippen LogP) is 5.34. The van der Waals surface area contributed by atoms with Gasteiger partial charge in [-0.3, -0.25) is 14.2 Å². The van der Waals surface area contributed by atoms with Gasteiger partial charge in [-0.1, -0.05) is 53.7 Å². The predicted molar refractivity (Wildman–Crippen MR) is 136 cm³/mol. The fraction of sp³-hybridized carbons (Fsp3) is 0.120. The first-order valence-electron chi connectivity index (χ1n) is 10.5. The second-order valence-electron chi connectivity index (χ2n) is 7.48. The minimum atomic E-state index is -0.167. The summed E-state index contributed by atoms with van der Waals surface area (Å²) >= 11 is 7.36. The summed E-state index contributed by atoms with van der Waals surface area (Å²) in [6.45, 7) is 2.02. The van der Waals surface area contributed by atoms with Crippen molar-refractivity contribution in [2.24, 2.45) is 0 Å². The number of aromatic nitrogens is 3. The van der Waals surface area contributed by atoms with Crippen LogP contribution in [-0.2, 0) is 16.1 Å². The van der Waals surface area contributed by atoms with Gasteiger partial charge in [0.25, 0.3) is 0 Å². The van der Waals surface area contributed by atoms with Crippen LogP contribution in [0.3, 0.4) is 0 Å². The number of benzene rings is 3. The second-order valence-corrected chi connectivity index (χ2v) is 8.86. The molecular formula is C25H22ClN5O2S. The Morgan fingerprint density at radius 2 is 1.53 bits per heavy atom. The Morgan fingerprint density at radius 1 is 0.882 bits per heavy atom. The third kappa shape index (κ3) is 6.24. The molecule has 7 nitrogen and oxygen atoms in total. The smallest absolute Gasteiger partial charge is 0.234 e. The van der Waals surface area contributed by atoms with Gasteiger partial charge in [-0.2, -0.15) is 0 Å². The summed E-state index contributed by atoms with van der Waals surface area (Å²) in [6, 6.07) is 24.4. The molecular weight excluding hydrogens is 470 g/mol. The number of carbonyl (C=O) groups is 2. The van der Waals surface area contributed by atoms with E-state index in [4.69, 9.17) is 11.6 Å². The van der Waals surface area contributed by atoms with Crippen molar-refractivity contribution in [3.63, 3.8) is 0 Å². The zero-order valence-electron chi connectivity index (χ0n) is 18.4. The number of nitrogens with zero attached hydrogens (tertiary/aromatic N) is 3. The van der Waals surface area contributed by atoms with Crippen molar-refractivity contribution in [2.45, 2.75) is 18.6 Å². The van der Waals surface area contributed by atoms with Crippen LogP contribution in [0.15, 0.2) is 84.0 Å². The quantitative estimate of drug-likeness (QED) is 0.325. The number of rotatable bonds is 8. The molecule has 0 aliphatic heterocycles. The topological polar surface area (TPSA) is 88.9 Å². The molecule has 172 valence electrons. The lowest BCUT2D eigenvalue weighted by Crippen LogP contribution is -2.15. The van der Waals surface area contributed by atoms with Crippen LogP contribution in [0.5, 0.6) is 0 Å². The van der Waals surface area contributed by atoms with Crippen molar-refractivity contribution in [1.29, 1.82) is 0 Å². The van der Waals surface area contributed by atoms with E-state index in [2.05, 4.69) is 20.8 Å². The third-order valence-corrected chi connectivity index (χ3v) is 6.04. The summed E-state index contributed by atoms with van der Waals surface area (Å²) in [5.41, 5.74) is 3.31. The van der Waals surface area contributed by atoms with Crippen LogP contribution < -0.4 is 10.6 Å². The van der Waals surface area contributed by atoms with Gasteiger partial charge in [-0.05, 0) is 54.1 Å². The van der Waals surface area contributed by atoms with Crippen LogP contribution in [0.25, 0.3) is 11.4 Å². The number of hydrogen-bond donors (Lipinski definition) is 2. The molecule has 34 heavy (non-hydrogen) atoms. The average Bonchev–Trinajstić information content (AvgIpc) is 3.22. The highest BCUT2D eigenvalue weighted by atomic mass is 35.5. The Balaban J connectivity index is 1.48. The number of carbonyl (C=O) groups excluding carboxylic acids is 2. The van der Waals surface area contributed by atoms with E-state index in [-0.39, 0.29) is 17.6 Å². The first kappa shape index (κ1) is 23.5. The first-order chi connectivity index (χ1) is 16.5. The van der Waals surface area contributed by atoms with Gasteiger partial charge in [0, 0.05) is 28.9 Å². The molecule has 0 saturated heterocycles. The molecule has 0 aliphatic rings. The van der Waals surface area contributed by atoms with Crippen LogP contribution >= 0.6 is 23.4 Å². The van der Waals surface area contributed by atoms with E-state index in [1.165, 1.54) is 18.7 Å². The first-order valence-corrected chi connectivity index (χ1v) is 11.9. The molecule has 1 aromatic heterocycles. The highest BCUT2D eigenvalue weighted by molar-refractivity contribution is 7.99. The number of anilines is 2. The Hall–Kier alpha value is -3.62. The van der Waals surface area contributed by atoms with Crippen molar-refractivity contribution in [2.75, 3.05) is 16.4 Å². The second kappa shape index (κ2) is 11.0. The summed E-state index contributed by atoms with van der Waals surface area (Å²) < 4.78 is 2.00. The summed E-state index contributed by atoms with van der Waals surface area (Å²) in [7, 11) is 0. The Labute approximate surface area is 206 Å². The van der Waals surface area contributed by atoms with Crippen LogP contribution in [0.1, 0.15) is 12.5 Å². The molecule has 0 saturated carbocycles. The third-order valence-electron chi connectivity index (χ3n) is 4.82. The van der Waals surface area contributed by atoms with E-state index in [1.54, 1.807) is 24.3 Å². The largest absolute Gasteiger partial charge is 0.326 e. The molecule has 0 fully saturated rings. The summed E-state index contributed by atoms with van der Waals surface area (Å²) in [5.74, 6) is 0.559. The van der Waals surface area contributed by atoms with E-state index < -0.39 is 0 Å². The van der Waals surface area contributed by atoms with Crippen molar-refractivity contribution in [3.8, 4) is 11.4 Å². The summed E-state index contributed by atoms with van der Waals surface area (Å²) in [4.78, 5) is 23.7. The van der Waals surface area contributed by atoms with E-state index in [0.29, 0.717) is 33.9 Å². The maximum absolute atomic E-state index is 12.6. The van der Waals surface area contributed by atoms with Gasteiger partial charge in [-0.25, -0.2) is 0 Å². The Kier molecular flexibility index (Phi) is 7.61. The standard InChI is InChI=1S/C25H22ClN5O2S/c1-17(32)27-21-11-13-22(14-12-21)28-23(33)16-34-25-30-29-24(19-7-9-20(26)10-8-19)31(25)15-18-5-3-2-4-6-18/h2-14H,15-16H2,1H3,(H,27,32)(H,28,33). The fourth-order valence-corrected chi connectivity index (χ4v) is 4.15. The fourth-order valence-electron chi connectivity index (χ4n) is 3.28. The summed E-state index contributed by atoms with van der Waals surface area (Å²) in [5, 5.41) is 15.6. The molecule has 4 rings (SSSR count). The SMILES string of the molecule is CC(=O)Nc1ccc(NC(=O)CSc2nnc(-c3ccc(Cl)cc3)n2Cc2ccccc2)cc1. The van der Waals surface area contributed by atoms with Crippen molar-refractivity contribution >= 4 is 46.6 Å². The van der Waals surface area contributed by atoms with Crippen LogP contribution in [0, 0.1) is 0 Å². The van der Waals surface area contributed by atoms with Gasteiger partial charge in [0.15, 0.2) is 11.0 Å². The molecule has 2 amide bonds. The maximum atomic E-state index is 12.6. The maximum Gasteiger partial charge on any atom is 0.234 e. The highest BCUT2D eigenvalue weighted by Crippen LogP contribution is 2.26. The van der Waals surface area contributed by atoms with Crippen molar-refractivity contribution in [3.05, 3.63) is 89.4 Å². The number of thioether (sulfide) groups is 1. The van der Waals surface area contributed by atoms with Gasteiger partial charge < -0.3 is 10.6 Å². The molecule has 0 spiro atoms. The van der Waals surface area contributed by atoms with Gasteiger partial charge in [0.1, 0.15) is 0 Å². The number of hydrogen-bond acceptors (Lipinski definition) is 5. The molecule has 3 aromatic carbocycles. The average molecular weight is 492 g/mol. The highest BCUT2D eigenvalue weighted by Gasteiger charge is 2.16. The van der Waals surface area contributed by atoms with E-state index in [1.807, 2.05) is 59.2 Å². The molecule has 2 N–H and O–H groups in total. The van der Waals surface area contributed by atoms with E-state index in [0.717, 1.165) is 11.1 Å². The van der Waals surface area contributed by atoms with Crippen LogP contribution in [-0.4, -0.2) is 32.3 Å². The van der Waals surface area contributed by atoms with E-state index in [9.17, 15) is 9.59 Å². The lowest BCUT2D eigenvalue weighted by Gasteiger charge is -2.11.